The summed E-state index contributed by atoms with van der Waals surface area (Å²) in [5.41, 5.74) is 2.69. The van der Waals surface area contributed by atoms with Gasteiger partial charge in [-0.05, 0) is 37.2 Å². The number of ketones is 1. The summed E-state index contributed by atoms with van der Waals surface area (Å²) in [5, 5.41) is 0. The molecule has 0 radical (unpaired) electrons. The van der Waals surface area contributed by atoms with Crippen molar-refractivity contribution in [3.63, 3.8) is 0 Å². The monoisotopic (exact) mass is 150 g/mol. The summed E-state index contributed by atoms with van der Waals surface area (Å²) in [5.74, 6) is 1.14. The van der Waals surface area contributed by atoms with E-state index in [9.17, 15) is 4.79 Å². The number of rotatable bonds is 0. The van der Waals surface area contributed by atoms with Crippen molar-refractivity contribution in [3.05, 3.63) is 11.1 Å². The van der Waals surface area contributed by atoms with Crippen molar-refractivity contribution in [2.24, 2.45) is 5.92 Å². The van der Waals surface area contributed by atoms with Gasteiger partial charge < -0.3 is 0 Å². The van der Waals surface area contributed by atoms with E-state index < -0.39 is 0 Å². The van der Waals surface area contributed by atoms with Gasteiger partial charge in [0.1, 0.15) is 0 Å². The van der Waals surface area contributed by atoms with E-state index in [0.717, 1.165) is 19.3 Å². The number of Topliss-reactive ketones (excluding diaryl/α,β-unsaturated/α-hetero) is 1. The first-order valence-corrected chi connectivity index (χ1v) is 4.54. The lowest BCUT2D eigenvalue weighted by Gasteiger charge is -2.19. The molecule has 1 heteroatoms. The zero-order chi connectivity index (χ0) is 7.84. The maximum atomic E-state index is 11.4. The van der Waals surface area contributed by atoms with Gasteiger partial charge in [-0.1, -0.05) is 12.5 Å². The summed E-state index contributed by atoms with van der Waals surface area (Å²) in [6, 6.07) is 0. The first-order valence-electron chi connectivity index (χ1n) is 4.54. The van der Waals surface area contributed by atoms with Gasteiger partial charge in [0.25, 0.3) is 0 Å². The highest BCUT2D eigenvalue weighted by atomic mass is 16.1. The van der Waals surface area contributed by atoms with Crippen LogP contribution in [0.5, 0.6) is 0 Å². The Balaban J connectivity index is 2.34. The number of allylic oxidation sites excluding steroid dienone is 2. The van der Waals surface area contributed by atoms with E-state index in [1.54, 1.807) is 0 Å². The van der Waals surface area contributed by atoms with Crippen LogP contribution in [0.4, 0.5) is 0 Å². The number of hydrogen-bond acceptors (Lipinski definition) is 1. The number of hydrogen-bond donors (Lipinski definition) is 0. The van der Waals surface area contributed by atoms with Crippen molar-refractivity contribution in [2.45, 2.75) is 39.0 Å². The predicted molar refractivity (Wildman–Crippen MR) is 44.3 cm³/mol. The molecule has 0 aliphatic heterocycles. The molecule has 2 aliphatic carbocycles. The van der Waals surface area contributed by atoms with Crippen LogP contribution in [0.3, 0.4) is 0 Å². The van der Waals surface area contributed by atoms with Gasteiger partial charge in [0.15, 0.2) is 5.78 Å². The van der Waals surface area contributed by atoms with Crippen LogP contribution in [0.15, 0.2) is 11.1 Å². The van der Waals surface area contributed by atoms with Crippen molar-refractivity contribution in [2.75, 3.05) is 0 Å². The zero-order valence-corrected chi connectivity index (χ0v) is 7.02. The fourth-order valence-corrected chi connectivity index (χ4v) is 2.30. The van der Waals surface area contributed by atoms with Crippen molar-refractivity contribution < 1.29 is 4.79 Å². The van der Waals surface area contributed by atoms with E-state index in [2.05, 4.69) is 6.92 Å². The molecule has 2 rings (SSSR count). The van der Waals surface area contributed by atoms with Crippen LogP contribution >= 0.6 is 0 Å². The van der Waals surface area contributed by atoms with Crippen LogP contribution in [0.1, 0.15) is 39.0 Å². The lowest BCUT2D eigenvalue weighted by Crippen LogP contribution is -2.14. The highest BCUT2D eigenvalue weighted by Gasteiger charge is 2.28. The molecule has 11 heavy (non-hydrogen) atoms. The molecule has 0 saturated carbocycles. The van der Waals surface area contributed by atoms with E-state index in [4.69, 9.17) is 0 Å². The van der Waals surface area contributed by atoms with Crippen molar-refractivity contribution >= 4 is 5.78 Å². The van der Waals surface area contributed by atoms with E-state index in [0.29, 0.717) is 11.7 Å². The summed E-state index contributed by atoms with van der Waals surface area (Å²) in [4.78, 5) is 11.4. The number of carbonyl (C=O) groups is 1. The van der Waals surface area contributed by atoms with Gasteiger partial charge in [0, 0.05) is 6.42 Å². The Kier molecular flexibility index (Phi) is 1.59. The maximum Gasteiger partial charge on any atom is 0.158 e. The van der Waals surface area contributed by atoms with Crippen LogP contribution in [-0.4, -0.2) is 5.78 Å². The molecule has 0 bridgehead atoms. The van der Waals surface area contributed by atoms with Gasteiger partial charge in [-0.15, -0.1) is 0 Å². The third-order valence-corrected chi connectivity index (χ3v) is 3.00. The molecule has 1 unspecified atom stereocenters. The molecule has 2 aliphatic rings. The first kappa shape index (κ1) is 7.08. The van der Waals surface area contributed by atoms with Gasteiger partial charge in [-0.25, -0.2) is 0 Å². The third-order valence-electron chi connectivity index (χ3n) is 3.00. The summed E-state index contributed by atoms with van der Waals surface area (Å²) in [6.45, 7) is 2.26. The Morgan fingerprint density at radius 3 is 2.82 bits per heavy atom. The molecule has 0 fully saturated rings. The Morgan fingerprint density at radius 2 is 2.09 bits per heavy atom. The molecule has 0 aromatic heterocycles. The molecule has 1 nitrogen and oxygen atoms in total. The molecule has 1 atom stereocenters. The van der Waals surface area contributed by atoms with Gasteiger partial charge in [-0.3, -0.25) is 4.79 Å². The molecule has 0 N–H and O–H groups in total. The smallest absolute Gasteiger partial charge is 0.158 e. The Morgan fingerprint density at radius 1 is 1.27 bits per heavy atom. The molecule has 0 saturated heterocycles. The molecule has 60 valence electrons. The van der Waals surface area contributed by atoms with Crippen LogP contribution in [-0.2, 0) is 4.79 Å². The van der Waals surface area contributed by atoms with Gasteiger partial charge in [0.2, 0.25) is 0 Å². The van der Waals surface area contributed by atoms with Crippen LogP contribution < -0.4 is 0 Å². The third kappa shape index (κ3) is 1.03. The maximum absolute atomic E-state index is 11.4. The summed E-state index contributed by atoms with van der Waals surface area (Å²) in [6.07, 6.45) is 5.39. The highest BCUT2D eigenvalue weighted by Crippen LogP contribution is 2.38. The van der Waals surface area contributed by atoms with Gasteiger partial charge in [-0.2, -0.15) is 0 Å². The molecule has 0 spiro atoms. The standard InChI is InChI=1S/C10H14O/c1-7-5-6-10(11)9-4-2-3-8(7)9/h7H,2-6H2,1H3. The average Bonchev–Trinajstić information content (AvgIpc) is 2.45. The SMILES string of the molecule is CC1CCC(=O)C2=C1CCC2. The minimum absolute atomic E-state index is 0.440. The Hall–Kier alpha value is -0.590. The minimum atomic E-state index is 0.440. The molecule has 0 amide bonds. The normalized spacial score (nSPS) is 31.0. The second kappa shape index (κ2) is 2.47. The van der Waals surface area contributed by atoms with E-state index >= 15 is 0 Å². The zero-order valence-electron chi connectivity index (χ0n) is 7.02. The lowest BCUT2D eigenvalue weighted by molar-refractivity contribution is -0.116. The quantitative estimate of drug-likeness (QED) is 0.518. The van der Waals surface area contributed by atoms with Crippen LogP contribution in [0, 0.1) is 5.92 Å². The summed E-state index contributed by atoms with van der Waals surface area (Å²) >= 11 is 0. The van der Waals surface area contributed by atoms with E-state index in [1.807, 2.05) is 0 Å². The second-order valence-electron chi connectivity index (χ2n) is 3.72. The topological polar surface area (TPSA) is 17.1 Å². The van der Waals surface area contributed by atoms with Gasteiger partial charge >= 0.3 is 0 Å². The van der Waals surface area contributed by atoms with E-state index in [1.165, 1.54) is 24.0 Å². The Bertz CT molecular complexity index is 225. The molecule has 0 heterocycles. The summed E-state index contributed by atoms with van der Waals surface area (Å²) < 4.78 is 0. The lowest BCUT2D eigenvalue weighted by atomic mass is 9.85. The predicted octanol–water partition coefficient (Wildman–Crippen LogP) is 2.47. The fourth-order valence-electron chi connectivity index (χ4n) is 2.30. The number of carbonyl (C=O) groups excluding carboxylic acids is 1. The van der Waals surface area contributed by atoms with Crippen LogP contribution in [0.25, 0.3) is 0 Å². The van der Waals surface area contributed by atoms with E-state index in [-0.39, 0.29) is 0 Å². The largest absolute Gasteiger partial charge is 0.295 e. The first-order chi connectivity index (χ1) is 5.29. The second-order valence-corrected chi connectivity index (χ2v) is 3.72. The Labute approximate surface area is 67.5 Å². The van der Waals surface area contributed by atoms with Crippen LogP contribution in [0.2, 0.25) is 0 Å². The minimum Gasteiger partial charge on any atom is -0.295 e. The summed E-state index contributed by atoms with van der Waals surface area (Å²) in [7, 11) is 0. The molecular weight excluding hydrogens is 136 g/mol. The van der Waals surface area contributed by atoms with Crippen molar-refractivity contribution in [1.82, 2.24) is 0 Å². The fraction of sp³-hybridized carbons (Fsp3) is 0.700. The molecule has 0 aromatic carbocycles. The molecule has 0 aromatic rings. The van der Waals surface area contributed by atoms with Gasteiger partial charge in [0.05, 0.1) is 0 Å². The van der Waals surface area contributed by atoms with Crippen molar-refractivity contribution in [3.8, 4) is 0 Å². The average molecular weight is 150 g/mol. The van der Waals surface area contributed by atoms with Crippen molar-refractivity contribution in [1.29, 1.82) is 0 Å². The molecular formula is C10H14O. The highest BCUT2D eigenvalue weighted by molar-refractivity contribution is 5.97.